The van der Waals surface area contributed by atoms with Crippen LogP contribution in [0.5, 0.6) is 0 Å². The summed E-state index contributed by atoms with van der Waals surface area (Å²) in [5.41, 5.74) is -0.280. The molecule has 2 aromatic rings. The van der Waals surface area contributed by atoms with E-state index in [1.54, 1.807) is 0 Å². The van der Waals surface area contributed by atoms with Crippen LogP contribution in [-0.2, 0) is 11.0 Å². The van der Waals surface area contributed by atoms with Gasteiger partial charge in [-0.3, -0.25) is 9.89 Å². The van der Waals surface area contributed by atoms with Gasteiger partial charge in [0.2, 0.25) is 5.91 Å². The molecule has 1 aromatic carbocycles. The summed E-state index contributed by atoms with van der Waals surface area (Å²) in [5.74, 6) is 0.0122. The van der Waals surface area contributed by atoms with Crippen molar-refractivity contribution < 1.29 is 18.0 Å². The normalized spacial score (nSPS) is 16.3. The van der Waals surface area contributed by atoms with Gasteiger partial charge >= 0.3 is 6.18 Å². The summed E-state index contributed by atoms with van der Waals surface area (Å²) in [5, 5.41) is 12.5. The van der Waals surface area contributed by atoms with E-state index in [0.29, 0.717) is 10.9 Å². The van der Waals surface area contributed by atoms with Crippen molar-refractivity contribution in [1.29, 1.82) is 0 Å². The Balaban J connectivity index is 1.66. The van der Waals surface area contributed by atoms with Crippen LogP contribution in [0.25, 0.3) is 10.9 Å². The minimum Gasteiger partial charge on any atom is -0.359 e. The molecule has 0 bridgehead atoms. The fourth-order valence-corrected chi connectivity index (χ4v) is 2.56. The Morgan fingerprint density at radius 1 is 1.43 bits per heavy atom. The first-order valence-electron chi connectivity index (χ1n) is 7.10. The fraction of sp³-hybridized carbons (Fsp3) is 0.429. The number of likely N-dealkylation sites (tertiary alicyclic amines) is 1. The van der Waals surface area contributed by atoms with E-state index in [0.717, 1.165) is 25.2 Å². The molecule has 3 rings (SSSR count). The number of carbonyl (C=O) groups excluding carboxylic acids is 1. The van der Waals surface area contributed by atoms with Gasteiger partial charge in [-0.15, -0.1) is 0 Å². The lowest BCUT2D eigenvalue weighted by Gasteiger charge is -2.36. The number of likely N-dealkylation sites (N-methyl/N-ethyl adjacent to an activating group) is 1. The topological polar surface area (TPSA) is 73.1 Å². The number of fused-ring (bicyclic) bond motifs is 1. The number of H-pyrrole nitrogens is 1. The predicted molar refractivity (Wildman–Crippen MR) is 79.0 cm³/mol. The van der Waals surface area contributed by atoms with Crippen LogP contribution in [-0.4, -0.2) is 53.7 Å². The monoisotopic (exact) mass is 327 g/mol. The van der Waals surface area contributed by atoms with Crippen molar-refractivity contribution in [2.45, 2.75) is 12.2 Å². The number of halogens is 3. The Morgan fingerprint density at radius 2 is 2.17 bits per heavy atom. The average Bonchev–Trinajstić information content (AvgIpc) is 2.85. The Bertz CT molecular complexity index is 721. The first kappa shape index (κ1) is 15.6. The van der Waals surface area contributed by atoms with E-state index >= 15 is 0 Å². The molecular weight excluding hydrogens is 311 g/mol. The van der Waals surface area contributed by atoms with Crippen molar-refractivity contribution in [3.63, 3.8) is 0 Å². The zero-order valence-corrected chi connectivity index (χ0v) is 12.4. The van der Waals surface area contributed by atoms with Crippen LogP contribution in [0.15, 0.2) is 18.2 Å². The first-order chi connectivity index (χ1) is 10.8. The van der Waals surface area contributed by atoms with Crippen LogP contribution in [0, 0.1) is 0 Å². The van der Waals surface area contributed by atoms with Crippen molar-refractivity contribution in [3.05, 3.63) is 23.8 Å². The third-order valence-corrected chi connectivity index (χ3v) is 3.74. The largest absolute Gasteiger partial charge is 0.416 e. The molecule has 1 aliphatic heterocycles. The van der Waals surface area contributed by atoms with Crippen LogP contribution in [0.1, 0.15) is 5.56 Å². The van der Waals surface area contributed by atoms with Crippen LogP contribution >= 0.6 is 0 Å². The van der Waals surface area contributed by atoms with E-state index in [1.165, 1.54) is 6.07 Å². The molecule has 1 saturated heterocycles. The highest BCUT2D eigenvalue weighted by Crippen LogP contribution is 2.32. The number of hydrogen-bond donors (Lipinski definition) is 3. The number of anilines is 1. The highest BCUT2D eigenvalue weighted by molar-refractivity contribution is 5.92. The minimum absolute atomic E-state index is 0.0452. The lowest BCUT2D eigenvalue weighted by molar-refractivity contribution is -0.137. The van der Waals surface area contributed by atoms with Crippen molar-refractivity contribution in [3.8, 4) is 0 Å². The zero-order chi connectivity index (χ0) is 16.6. The van der Waals surface area contributed by atoms with Crippen molar-refractivity contribution in [2.75, 3.05) is 32.0 Å². The molecule has 9 heteroatoms. The van der Waals surface area contributed by atoms with Gasteiger partial charge in [0, 0.05) is 18.5 Å². The van der Waals surface area contributed by atoms with E-state index in [-0.39, 0.29) is 24.3 Å². The summed E-state index contributed by atoms with van der Waals surface area (Å²) in [6.45, 7) is 1.55. The molecule has 6 nitrogen and oxygen atoms in total. The summed E-state index contributed by atoms with van der Waals surface area (Å²) in [7, 11) is 1.95. The number of aromatic amines is 1. The molecule has 23 heavy (non-hydrogen) atoms. The lowest BCUT2D eigenvalue weighted by Crippen LogP contribution is -2.58. The summed E-state index contributed by atoms with van der Waals surface area (Å²) in [6.07, 6.45) is -4.42. The van der Waals surface area contributed by atoms with E-state index < -0.39 is 11.7 Å². The second-order valence-electron chi connectivity index (χ2n) is 5.67. The Morgan fingerprint density at radius 3 is 2.83 bits per heavy atom. The molecule has 0 aliphatic carbocycles. The Hall–Kier alpha value is -2.29. The zero-order valence-electron chi connectivity index (χ0n) is 12.4. The highest BCUT2D eigenvalue weighted by Gasteiger charge is 2.31. The molecule has 1 aromatic heterocycles. The number of nitrogens with zero attached hydrogens (tertiary/aromatic N) is 2. The molecule has 1 aliphatic rings. The predicted octanol–water partition coefficient (Wildman–Crippen LogP) is 1.42. The van der Waals surface area contributed by atoms with Gasteiger partial charge in [0.15, 0.2) is 5.82 Å². The number of carbonyl (C=O) groups is 1. The molecule has 0 spiro atoms. The quantitative estimate of drug-likeness (QED) is 0.794. The molecule has 1 fully saturated rings. The van der Waals surface area contributed by atoms with Crippen LogP contribution in [0.2, 0.25) is 0 Å². The van der Waals surface area contributed by atoms with E-state index in [2.05, 4.69) is 25.7 Å². The number of amides is 1. The summed E-state index contributed by atoms with van der Waals surface area (Å²) < 4.78 is 38.3. The molecule has 3 N–H and O–H groups in total. The van der Waals surface area contributed by atoms with Crippen LogP contribution in [0.4, 0.5) is 19.0 Å². The number of nitrogens with one attached hydrogen (secondary N) is 3. The van der Waals surface area contributed by atoms with Gasteiger partial charge in [-0.05, 0) is 25.2 Å². The van der Waals surface area contributed by atoms with E-state index in [9.17, 15) is 18.0 Å². The fourth-order valence-electron chi connectivity index (χ4n) is 2.56. The van der Waals surface area contributed by atoms with Crippen LogP contribution < -0.4 is 10.6 Å². The number of rotatable bonds is 4. The highest BCUT2D eigenvalue weighted by atomic mass is 19.4. The molecule has 0 radical (unpaired) electrons. The van der Waals surface area contributed by atoms with Crippen molar-refractivity contribution >= 4 is 22.6 Å². The second-order valence-corrected chi connectivity index (χ2v) is 5.67. The van der Waals surface area contributed by atoms with Gasteiger partial charge in [-0.25, -0.2) is 0 Å². The molecule has 0 atom stereocenters. The second kappa shape index (κ2) is 5.73. The summed E-state index contributed by atoms with van der Waals surface area (Å²) in [4.78, 5) is 13.9. The Labute approximate surface area is 130 Å². The molecule has 0 saturated carbocycles. The molecule has 0 unspecified atom stereocenters. The lowest BCUT2D eigenvalue weighted by atomic mass is 10.1. The number of benzene rings is 1. The van der Waals surface area contributed by atoms with Crippen LogP contribution in [0.3, 0.4) is 0 Å². The minimum atomic E-state index is -4.42. The number of aromatic nitrogens is 2. The van der Waals surface area contributed by atoms with Gasteiger partial charge in [0.05, 0.1) is 23.7 Å². The molecule has 124 valence electrons. The van der Waals surface area contributed by atoms with E-state index in [4.69, 9.17) is 0 Å². The molecule has 1 amide bonds. The van der Waals surface area contributed by atoms with Crippen molar-refractivity contribution in [2.24, 2.45) is 0 Å². The number of alkyl halides is 3. The van der Waals surface area contributed by atoms with Gasteiger partial charge in [0.1, 0.15) is 0 Å². The van der Waals surface area contributed by atoms with Gasteiger partial charge in [-0.2, -0.15) is 18.3 Å². The molecule has 2 heterocycles. The summed E-state index contributed by atoms with van der Waals surface area (Å²) in [6, 6.07) is 3.45. The van der Waals surface area contributed by atoms with Gasteiger partial charge in [-0.1, -0.05) is 0 Å². The van der Waals surface area contributed by atoms with Gasteiger partial charge < -0.3 is 15.5 Å². The maximum absolute atomic E-state index is 12.8. The number of hydrogen-bond acceptors (Lipinski definition) is 4. The third-order valence-electron chi connectivity index (χ3n) is 3.74. The standard InChI is InChI=1S/C14H16F3N5O/c1-22-6-9(7-22)19-12(23)5-18-13-10-4-8(14(15,16)17)2-3-11(10)20-21-13/h2-4,9H,5-7H2,1H3,(H,19,23)(H2,18,20,21). The third kappa shape index (κ3) is 3.39. The van der Waals surface area contributed by atoms with Gasteiger partial charge in [0.25, 0.3) is 0 Å². The van der Waals surface area contributed by atoms with Crippen molar-refractivity contribution in [1.82, 2.24) is 20.4 Å². The average molecular weight is 327 g/mol. The molecular formula is C14H16F3N5O. The SMILES string of the molecule is CN1CC(NC(=O)CNc2n[nH]c3ccc(C(F)(F)F)cc23)C1. The maximum atomic E-state index is 12.8. The van der Waals surface area contributed by atoms with E-state index in [1.807, 2.05) is 7.05 Å². The summed E-state index contributed by atoms with van der Waals surface area (Å²) >= 11 is 0. The first-order valence-corrected chi connectivity index (χ1v) is 7.10. The smallest absolute Gasteiger partial charge is 0.359 e. The Kier molecular flexibility index (Phi) is 3.88. The maximum Gasteiger partial charge on any atom is 0.416 e.